The van der Waals surface area contributed by atoms with Gasteiger partial charge in [0.1, 0.15) is 10.7 Å². The van der Waals surface area contributed by atoms with E-state index in [1.165, 1.54) is 16.6 Å². The molecular weight excluding hydrogens is 468 g/mol. The molecule has 1 aliphatic carbocycles. The minimum absolute atomic E-state index is 0.0920. The van der Waals surface area contributed by atoms with Crippen LogP contribution in [0.3, 0.4) is 0 Å². The largest absolute Gasteiger partial charge is 0.349 e. The van der Waals surface area contributed by atoms with E-state index in [1.54, 1.807) is 29.5 Å². The molecule has 0 bridgehead atoms. The molecule has 8 nitrogen and oxygen atoms in total. The number of rotatable bonds is 8. The quantitative estimate of drug-likeness (QED) is 0.445. The Hall–Kier alpha value is -2.37. The number of nitrogens with one attached hydrogen (secondary N) is 3. The minimum Gasteiger partial charge on any atom is -0.349 e. The van der Waals surface area contributed by atoms with Crippen LogP contribution in [0.5, 0.6) is 0 Å². The lowest BCUT2D eigenvalue weighted by Crippen LogP contribution is -2.28. The molecule has 3 N–H and O–H groups in total. The van der Waals surface area contributed by atoms with E-state index in [9.17, 15) is 18.0 Å². The Morgan fingerprint density at radius 1 is 1.34 bits per heavy atom. The van der Waals surface area contributed by atoms with Crippen LogP contribution in [0.4, 0.5) is 5.69 Å². The molecule has 1 amide bonds. The van der Waals surface area contributed by atoms with Gasteiger partial charge in [-0.3, -0.25) is 14.3 Å². The van der Waals surface area contributed by atoms with Crippen LogP contribution in [0.2, 0.25) is 0 Å². The summed E-state index contributed by atoms with van der Waals surface area (Å²) in [5.74, 6) is 1.08. The van der Waals surface area contributed by atoms with Crippen molar-refractivity contribution >= 4 is 54.9 Å². The molecule has 0 aliphatic heterocycles. The number of carbonyl (C=O) groups excluding carboxylic acids is 1. The first-order chi connectivity index (χ1) is 15.2. The molecule has 3 aromatic rings. The van der Waals surface area contributed by atoms with Crippen molar-refractivity contribution in [2.45, 2.75) is 38.0 Å². The van der Waals surface area contributed by atoms with Gasteiger partial charge in [0.05, 0.1) is 29.2 Å². The van der Waals surface area contributed by atoms with Gasteiger partial charge in [-0.1, -0.05) is 12.1 Å². The van der Waals surface area contributed by atoms with Gasteiger partial charge in [0.15, 0.2) is 0 Å². The van der Waals surface area contributed by atoms with Crippen LogP contribution in [0.1, 0.15) is 41.2 Å². The molecule has 1 aliphatic rings. The summed E-state index contributed by atoms with van der Waals surface area (Å²) in [5, 5.41) is 3.64. The van der Waals surface area contributed by atoms with Crippen LogP contribution in [0.25, 0.3) is 10.2 Å². The van der Waals surface area contributed by atoms with E-state index < -0.39 is 10.0 Å². The lowest BCUT2D eigenvalue weighted by Gasteiger charge is -2.15. The second-order valence-corrected chi connectivity index (χ2v) is 11.6. The number of fused-ring (bicyclic) bond motifs is 3. The Kier molecular flexibility index (Phi) is 6.59. The maximum Gasteiger partial charge on any atom is 0.259 e. The third kappa shape index (κ3) is 5.33. The molecule has 0 radical (unpaired) electrons. The number of nitrogens with zero attached hydrogens (tertiary/aromatic N) is 1. The van der Waals surface area contributed by atoms with Gasteiger partial charge in [-0.2, -0.15) is 0 Å². The van der Waals surface area contributed by atoms with Gasteiger partial charge in [0, 0.05) is 10.6 Å². The second kappa shape index (κ2) is 9.24. The number of thiophene rings is 1. The van der Waals surface area contributed by atoms with Crippen LogP contribution < -0.4 is 15.6 Å². The Labute approximate surface area is 194 Å². The summed E-state index contributed by atoms with van der Waals surface area (Å²) >= 11 is 2.98. The van der Waals surface area contributed by atoms with Gasteiger partial charge < -0.3 is 10.3 Å². The summed E-state index contributed by atoms with van der Waals surface area (Å²) in [7, 11) is -3.37. The predicted octanol–water partition coefficient (Wildman–Crippen LogP) is 2.96. The Balaban J connectivity index is 1.33. The number of hydrogen-bond donors (Lipinski definition) is 3. The highest BCUT2D eigenvalue weighted by Crippen LogP contribution is 2.34. The summed E-state index contributed by atoms with van der Waals surface area (Å²) in [6.45, 7) is 1.84. The summed E-state index contributed by atoms with van der Waals surface area (Å²) in [6.07, 6.45) is 4.15. The molecule has 11 heteroatoms. The summed E-state index contributed by atoms with van der Waals surface area (Å²) in [5.41, 5.74) is 2.30. The lowest BCUT2D eigenvalue weighted by atomic mass is 10.1. The number of benzene rings is 1. The van der Waals surface area contributed by atoms with Gasteiger partial charge in [0.25, 0.3) is 5.56 Å². The zero-order valence-corrected chi connectivity index (χ0v) is 20.2. The maximum atomic E-state index is 12.5. The zero-order valence-electron chi connectivity index (χ0n) is 17.7. The first kappa shape index (κ1) is 22.8. The molecule has 0 saturated carbocycles. The molecule has 2 aromatic heterocycles. The van der Waals surface area contributed by atoms with Crippen molar-refractivity contribution < 1.29 is 13.2 Å². The third-order valence-corrected chi connectivity index (χ3v) is 7.90. The van der Waals surface area contributed by atoms with E-state index in [0.29, 0.717) is 17.3 Å². The van der Waals surface area contributed by atoms with E-state index in [-0.39, 0.29) is 23.3 Å². The van der Waals surface area contributed by atoms with Crippen LogP contribution in [0, 0.1) is 0 Å². The van der Waals surface area contributed by atoms with Gasteiger partial charge in [0.2, 0.25) is 15.9 Å². The Morgan fingerprint density at radius 3 is 2.94 bits per heavy atom. The third-order valence-electron chi connectivity index (χ3n) is 5.16. The number of aromatic amines is 1. The summed E-state index contributed by atoms with van der Waals surface area (Å²) in [4.78, 5) is 34.4. The highest BCUT2D eigenvalue weighted by atomic mass is 32.2. The van der Waals surface area contributed by atoms with Crippen LogP contribution in [0.15, 0.2) is 29.1 Å². The van der Waals surface area contributed by atoms with E-state index in [2.05, 4.69) is 20.0 Å². The standard InChI is InChI=1S/C21H24N4O4S3/c1-12(13-5-3-6-14(9-13)25-32(2,28)29)22-18(26)11-30-10-17-23-20(27)19-15-7-4-8-16(15)31-21(19)24-17/h3,5-6,9,12,25H,4,7-8,10-11H2,1-2H3,(H,22,26)(H,23,24,27)/t12-/m1/s1. The molecule has 2 heterocycles. The predicted molar refractivity (Wildman–Crippen MR) is 130 cm³/mol. The van der Waals surface area contributed by atoms with Crippen LogP contribution in [-0.2, 0) is 33.4 Å². The fraction of sp³-hybridized carbons (Fsp3) is 0.381. The molecule has 4 rings (SSSR count). The molecule has 0 spiro atoms. The van der Waals surface area contributed by atoms with E-state index in [4.69, 9.17) is 0 Å². The number of carbonyl (C=O) groups is 1. The van der Waals surface area contributed by atoms with Crippen molar-refractivity contribution in [1.29, 1.82) is 0 Å². The Morgan fingerprint density at radius 2 is 2.16 bits per heavy atom. The van der Waals surface area contributed by atoms with Crippen molar-refractivity contribution in [2.24, 2.45) is 0 Å². The first-order valence-corrected chi connectivity index (χ1v) is 14.0. The Bertz CT molecular complexity index is 1330. The topological polar surface area (TPSA) is 121 Å². The number of aromatic nitrogens is 2. The number of amides is 1. The number of anilines is 1. The fourth-order valence-electron chi connectivity index (χ4n) is 3.81. The lowest BCUT2D eigenvalue weighted by molar-refractivity contribution is -0.119. The first-order valence-electron chi connectivity index (χ1n) is 10.2. The molecule has 1 aromatic carbocycles. The second-order valence-electron chi connectivity index (χ2n) is 7.83. The average molecular weight is 493 g/mol. The number of sulfonamides is 1. The monoisotopic (exact) mass is 492 g/mol. The normalized spacial score (nSPS) is 14.3. The molecule has 32 heavy (non-hydrogen) atoms. The van der Waals surface area contributed by atoms with Crippen LogP contribution in [-0.4, -0.2) is 36.3 Å². The number of hydrogen-bond acceptors (Lipinski definition) is 7. The van der Waals surface area contributed by atoms with Gasteiger partial charge >= 0.3 is 0 Å². The zero-order chi connectivity index (χ0) is 22.9. The average Bonchev–Trinajstić information content (AvgIpc) is 3.27. The highest BCUT2D eigenvalue weighted by Gasteiger charge is 2.21. The van der Waals surface area contributed by atoms with Crippen molar-refractivity contribution in [2.75, 3.05) is 16.7 Å². The van der Waals surface area contributed by atoms with E-state index in [0.717, 1.165) is 46.9 Å². The number of thioether (sulfide) groups is 1. The van der Waals surface area contributed by atoms with Crippen molar-refractivity contribution in [3.63, 3.8) is 0 Å². The van der Waals surface area contributed by atoms with Crippen LogP contribution >= 0.6 is 23.1 Å². The van der Waals surface area contributed by atoms with Crippen molar-refractivity contribution in [3.8, 4) is 0 Å². The summed E-state index contributed by atoms with van der Waals surface area (Å²) in [6, 6.07) is 6.63. The molecule has 1 atom stereocenters. The van der Waals surface area contributed by atoms with E-state index in [1.807, 2.05) is 13.0 Å². The smallest absolute Gasteiger partial charge is 0.259 e. The van der Waals surface area contributed by atoms with Gasteiger partial charge in [-0.15, -0.1) is 23.1 Å². The number of H-pyrrole nitrogens is 1. The fourth-order valence-corrected chi connectivity index (χ4v) is 6.34. The molecular formula is C21H24N4O4S3. The maximum absolute atomic E-state index is 12.5. The summed E-state index contributed by atoms with van der Waals surface area (Å²) < 4.78 is 25.3. The van der Waals surface area contributed by atoms with Crippen molar-refractivity contribution in [1.82, 2.24) is 15.3 Å². The van der Waals surface area contributed by atoms with Gasteiger partial charge in [-0.05, 0) is 49.4 Å². The molecule has 0 fully saturated rings. The molecule has 0 saturated heterocycles. The SMILES string of the molecule is C[C@@H](NC(=O)CSCc1nc2sc3c(c2c(=O)[nH]1)CCC3)c1cccc(NS(C)(=O)=O)c1. The molecule has 170 valence electrons. The van der Waals surface area contributed by atoms with E-state index >= 15 is 0 Å². The highest BCUT2D eigenvalue weighted by molar-refractivity contribution is 7.99. The van der Waals surface area contributed by atoms with Crippen molar-refractivity contribution in [3.05, 3.63) is 56.4 Å². The number of aryl methyl sites for hydroxylation is 2. The minimum atomic E-state index is -3.37. The van der Waals surface area contributed by atoms with Gasteiger partial charge in [-0.25, -0.2) is 13.4 Å². The molecule has 0 unspecified atom stereocenters.